The van der Waals surface area contributed by atoms with Gasteiger partial charge in [-0.05, 0) is 172 Å². The van der Waals surface area contributed by atoms with E-state index < -0.39 is 10.8 Å². The lowest BCUT2D eigenvalue weighted by atomic mass is 9.67. The number of benzene rings is 17. The van der Waals surface area contributed by atoms with Gasteiger partial charge in [0.15, 0.2) is 11.6 Å². The molecule has 19 aromatic rings. The lowest BCUT2D eigenvalue weighted by Crippen LogP contribution is -2.31. The molecule has 4 aliphatic rings. The minimum Gasteiger partial charge on any atom is -0.228 e. The van der Waals surface area contributed by atoms with Crippen LogP contribution < -0.4 is 0 Å². The predicted molar refractivity (Wildman–Crippen MR) is 488 cm³/mol. The van der Waals surface area contributed by atoms with E-state index in [-0.39, 0.29) is 0 Å². The van der Waals surface area contributed by atoms with Crippen LogP contribution in [-0.2, 0) is 10.8 Å². The van der Waals surface area contributed by atoms with Crippen LogP contribution in [0.5, 0.6) is 0 Å². The highest BCUT2D eigenvalue weighted by Crippen LogP contribution is 2.67. The average molecular weight is 1560 g/mol. The Morgan fingerprint density at radius 3 is 1.00 bits per heavy atom. The van der Waals surface area contributed by atoms with Crippen LogP contribution in [0.1, 0.15) is 55.6 Å². The van der Waals surface area contributed by atoms with Crippen molar-refractivity contribution in [1.29, 1.82) is 10.5 Å². The largest absolute Gasteiger partial charge is 0.228 e. The third-order valence-corrected chi connectivity index (χ3v) is 26.5. The van der Waals surface area contributed by atoms with Crippen molar-refractivity contribution in [3.05, 3.63) is 468 Å². The van der Waals surface area contributed by atoms with Gasteiger partial charge in [0.2, 0.25) is 0 Å². The Bertz CT molecular complexity index is 7230. The standard InChI is InChI=1S/C58H35N3S.C54H33N3S/c59-36-41-32-33-45(44-23-8-7-22-42(41)44)46-25-15-29-50-56(46)55-43(24-14-28-49(55)58(50)47-26-9-11-30-53(47)62-54-31-12-10-27-48(54)58)39-20-13-21-40(34-39)52-35-51(37-16-3-1-4-17-37)60-57(61-52)38-18-5-2-6-19-38;55-34-41-20-12-24-45-51(41)52-42(21-13-25-46(52)54(45)43-22-7-9-26-49(43)58-50-27-10-8-23-44(50)54)36-30-28-35(29-31-36)39-18-11-19-40(32-39)48-33-47(37-14-3-1-4-15-37)56-53(57-48)38-16-5-2-6-17-38/h1-35H;1-33H. The molecule has 0 N–H and O–H groups in total. The lowest BCUT2D eigenvalue weighted by molar-refractivity contribution is 0.722. The van der Waals surface area contributed by atoms with Crippen LogP contribution in [-0.4, -0.2) is 19.9 Å². The van der Waals surface area contributed by atoms with Crippen LogP contribution >= 0.6 is 23.5 Å². The molecule has 2 aromatic heterocycles. The maximum Gasteiger partial charge on any atom is 0.160 e. The van der Waals surface area contributed by atoms with Crippen molar-refractivity contribution in [3.63, 3.8) is 0 Å². The van der Waals surface area contributed by atoms with E-state index in [0.29, 0.717) is 22.8 Å². The van der Waals surface area contributed by atoms with Crippen molar-refractivity contribution >= 4 is 34.3 Å². The quantitative estimate of drug-likeness (QED) is 0.134. The molecule has 120 heavy (non-hydrogen) atoms. The number of fused-ring (bicyclic) bond motifs is 19. The molecule has 8 heteroatoms. The highest BCUT2D eigenvalue weighted by molar-refractivity contribution is 7.99. The fourth-order valence-electron chi connectivity index (χ4n) is 19.1. The molecular formula is C112H68N6S2. The van der Waals surface area contributed by atoms with Gasteiger partial charge in [-0.2, -0.15) is 10.5 Å². The minimum absolute atomic E-state index is 0.548. The topological polar surface area (TPSA) is 99.1 Å². The summed E-state index contributed by atoms with van der Waals surface area (Å²) in [5.41, 5.74) is 33.4. The van der Waals surface area contributed by atoms with Gasteiger partial charge < -0.3 is 0 Å². The molecule has 2 aliphatic heterocycles. The molecule has 0 radical (unpaired) electrons. The molecule has 0 fully saturated rings. The van der Waals surface area contributed by atoms with Crippen LogP contribution in [0.15, 0.2) is 432 Å². The Balaban J connectivity index is 0.000000144. The zero-order valence-electron chi connectivity index (χ0n) is 64.8. The van der Waals surface area contributed by atoms with Crippen molar-refractivity contribution in [2.45, 2.75) is 30.4 Å². The number of rotatable bonds is 10. The van der Waals surface area contributed by atoms with Crippen molar-refractivity contribution in [1.82, 2.24) is 19.9 Å². The van der Waals surface area contributed by atoms with Crippen LogP contribution in [0, 0.1) is 22.7 Å². The maximum absolute atomic E-state index is 10.6. The van der Waals surface area contributed by atoms with Crippen LogP contribution in [0.25, 0.3) is 145 Å². The SMILES string of the molecule is N#Cc1ccc(-c2cccc3c2-c2c(-c4cccc(-c5cc(-c6ccccc6)nc(-c6ccccc6)n5)c4)cccc2C32c3ccccc3Sc3ccccc32)c2ccccc12.N#Cc1cccc2c1-c1c(-c3ccc(-c4cccc(-c5cc(-c6ccccc6)nc(-c6ccccc6)n5)c4)cc3)cccc1C21c2ccccc2Sc2ccccc21. The summed E-state index contributed by atoms with van der Waals surface area (Å²) in [5.74, 6) is 1.39. The molecule has 0 amide bonds. The van der Waals surface area contributed by atoms with E-state index in [1.165, 1.54) is 75.2 Å². The van der Waals surface area contributed by atoms with Gasteiger partial charge in [-0.1, -0.05) is 375 Å². The minimum atomic E-state index is -0.572. The fourth-order valence-corrected chi connectivity index (χ4v) is 21.5. The molecule has 2 spiro atoms. The van der Waals surface area contributed by atoms with Gasteiger partial charge in [0.05, 0.1) is 56.9 Å². The normalized spacial score (nSPS) is 12.9. The van der Waals surface area contributed by atoms with Gasteiger partial charge in [-0.3, -0.25) is 0 Å². The number of aromatic nitrogens is 4. The first-order valence-electron chi connectivity index (χ1n) is 40.3. The van der Waals surface area contributed by atoms with Gasteiger partial charge >= 0.3 is 0 Å². The lowest BCUT2D eigenvalue weighted by Gasteiger charge is -2.39. The van der Waals surface area contributed by atoms with E-state index in [1.54, 1.807) is 0 Å². The fraction of sp³-hybridized carbons (Fsp3) is 0.0179. The molecular weight excluding hydrogens is 1490 g/mol. The number of nitriles is 2. The summed E-state index contributed by atoms with van der Waals surface area (Å²) >= 11 is 3.68. The van der Waals surface area contributed by atoms with Crippen LogP contribution in [0.3, 0.4) is 0 Å². The second-order valence-electron chi connectivity index (χ2n) is 30.7. The molecule has 17 aromatic carbocycles. The Morgan fingerprint density at radius 1 is 0.200 bits per heavy atom. The summed E-state index contributed by atoms with van der Waals surface area (Å²) in [6, 6.07) is 151. The zero-order valence-corrected chi connectivity index (χ0v) is 66.4. The van der Waals surface area contributed by atoms with Crippen LogP contribution in [0.2, 0.25) is 0 Å². The van der Waals surface area contributed by atoms with Crippen LogP contribution in [0.4, 0.5) is 0 Å². The van der Waals surface area contributed by atoms with Gasteiger partial charge in [-0.15, -0.1) is 0 Å². The Hall–Kier alpha value is -15.2. The van der Waals surface area contributed by atoms with E-state index in [9.17, 15) is 10.5 Å². The van der Waals surface area contributed by atoms with Gasteiger partial charge in [0, 0.05) is 63.9 Å². The number of nitrogens with zero attached hydrogens (tertiary/aromatic N) is 6. The van der Waals surface area contributed by atoms with E-state index >= 15 is 0 Å². The van der Waals surface area contributed by atoms with Crippen molar-refractivity contribution in [2.24, 2.45) is 0 Å². The second kappa shape index (κ2) is 29.5. The van der Waals surface area contributed by atoms with Crippen molar-refractivity contribution in [3.8, 4) is 147 Å². The number of hydrogen-bond acceptors (Lipinski definition) is 8. The number of hydrogen-bond donors (Lipinski definition) is 0. The van der Waals surface area contributed by atoms with Gasteiger partial charge in [-0.25, -0.2) is 19.9 Å². The summed E-state index contributed by atoms with van der Waals surface area (Å²) in [4.78, 5) is 25.4. The third kappa shape index (κ3) is 11.6. The highest BCUT2D eigenvalue weighted by atomic mass is 32.2. The molecule has 0 saturated heterocycles. The van der Waals surface area contributed by atoms with E-state index in [4.69, 9.17) is 19.9 Å². The van der Waals surface area contributed by atoms with E-state index in [2.05, 4.69) is 340 Å². The molecule has 0 unspecified atom stereocenters. The molecule has 6 nitrogen and oxygen atoms in total. The summed E-state index contributed by atoms with van der Waals surface area (Å²) < 4.78 is 0. The smallest absolute Gasteiger partial charge is 0.160 e. The first-order chi connectivity index (χ1) is 59.4. The first kappa shape index (κ1) is 71.4. The second-order valence-corrected chi connectivity index (χ2v) is 32.8. The zero-order chi connectivity index (χ0) is 79.8. The van der Waals surface area contributed by atoms with Crippen molar-refractivity contribution < 1.29 is 0 Å². The molecule has 2 aliphatic carbocycles. The maximum atomic E-state index is 10.6. The third-order valence-electron chi connectivity index (χ3n) is 24.2. The Morgan fingerprint density at radius 2 is 0.525 bits per heavy atom. The summed E-state index contributed by atoms with van der Waals surface area (Å²) in [6.45, 7) is 0. The summed E-state index contributed by atoms with van der Waals surface area (Å²) in [6.07, 6.45) is 0. The highest BCUT2D eigenvalue weighted by Gasteiger charge is 2.53. The summed E-state index contributed by atoms with van der Waals surface area (Å²) in [7, 11) is 0. The summed E-state index contributed by atoms with van der Waals surface area (Å²) in [5, 5.41) is 22.8. The average Bonchev–Trinajstić information content (AvgIpc) is 1.52. The molecule has 0 bridgehead atoms. The Labute approximate surface area is 704 Å². The molecule has 23 rings (SSSR count). The Kier molecular flexibility index (Phi) is 17.6. The van der Waals surface area contributed by atoms with E-state index in [1.807, 2.05) is 108 Å². The monoisotopic (exact) mass is 1560 g/mol. The predicted octanol–water partition coefficient (Wildman–Crippen LogP) is 28.2. The molecule has 0 atom stereocenters. The van der Waals surface area contributed by atoms with Gasteiger partial charge in [0.1, 0.15) is 0 Å². The van der Waals surface area contributed by atoms with Gasteiger partial charge in [0.25, 0.3) is 0 Å². The molecule has 558 valence electrons. The first-order valence-corrected chi connectivity index (χ1v) is 42.0. The molecule has 4 heterocycles. The van der Waals surface area contributed by atoms with Crippen molar-refractivity contribution in [2.75, 3.05) is 0 Å². The molecule has 0 saturated carbocycles. The van der Waals surface area contributed by atoms with E-state index in [0.717, 1.165) is 123 Å².